The van der Waals surface area contributed by atoms with Gasteiger partial charge < -0.3 is 4.90 Å². The van der Waals surface area contributed by atoms with Crippen LogP contribution in [0.15, 0.2) is 0 Å². The molecule has 0 N–H and O–H groups in total. The zero-order valence-corrected chi connectivity index (χ0v) is 13.6. The summed E-state index contributed by atoms with van der Waals surface area (Å²) in [6.45, 7) is 0. The topological polar surface area (TPSA) is 57.7 Å². The van der Waals surface area contributed by atoms with Crippen LogP contribution in [0.4, 0.5) is 0 Å². The molecule has 22 heavy (non-hydrogen) atoms. The Labute approximate surface area is 133 Å². The zero-order chi connectivity index (χ0) is 15.9. The van der Waals surface area contributed by atoms with Gasteiger partial charge in [0.25, 0.3) is 0 Å². The molecule has 0 heterocycles. The quantitative estimate of drug-likeness (QED) is 0.579. The predicted octanol–water partition coefficient (Wildman–Crippen LogP) is 2.49. The molecule has 0 aliphatic heterocycles. The van der Waals surface area contributed by atoms with Gasteiger partial charge >= 0.3 is 0 Å². The minimum Gasteiger partial charge on any atom is -0.342 e. The van der Waals surface area contributed by atoms with Gasteiger partial charge in [0.15, 0.2) is 0 Å². The van der Waals surface area contributed by atoms with Gasteiger partial charge in [-0.05, 0) is 25.7 Å². The highest BCUT2D eigenvalue weighted by Gasteiger charge is 2.29. The standard InChI is InChI=1S/C17H28N2O3/c1-18(14-8-4-2-5-9-14)16(21)12-17(22)19(13-20)15-10-6-3-7-11-15/h13-15H,2-12H2,1H3. The lowest BCUT2D eigenvalue weighted by atomic mass is 9.93. The second-order valence-electron chi connectivity index (χ2n) is 6.67. The molecule has 0 spiro atoms. The minimum atomic E-state index is -0.338. The molecule has 2 fully saturated rings. The molecule has 0 aromatic heterocycles. The summed E-state index contributed by atoms with van der Waals surface area (Å²) in [5, 5.41) is 0. The molecule has 0 aromatic rings. The largest absolute Gasteiger partial charge is 0.342 e. The van der Waals surface area contributed by atoms with E-state index in [-0.39, 0.29) is 30.3 Å². The average molecular weight is 308 g/mol. The Morgan fingerprint density at radius 1 is 0.864 bits per heavy atom. The Hall–Kier alpha value is -1.39. The molecular formula is C17H28N2O3. The third-order valence-electron chi connectivity index (χ3n) is 5.19. The predicted molar refractivity (Wildman–Crippen MR) is 84.0 cm³/mol. The maximum atomic E-state index is 12.3. The molecule has 2 aliphatic rings. The fraction of sp³-hybridized carbons (Fsp3) is 0.824. The van der Waals surface area contributed by atoms with E-state index >= 15 is 0 Å². The lowest BCUT2D eigenvalue weighted by molar-refractivity contribution is -0.146. The van der Waals surface area contributed by atoms with E-state index in [1.807, 2.05) is 0 Å². The molecule has 0 atom stereocenters. The van der Waals surface area contributed by atoms with Crippen molar-refractivity contribution in [1.29, 1.82) is 0 Å². The summed E-state index contributed by atoms with van der Waals surface area (Å²) in [5.41, 5.74) is 0. The third-order valence-corrected chi connectivity index (χ3v) is 5.19. The van der Waals surface area contributed by atoms with Crippen LogP contribution in [0.2, 0.25) is 0 Å². The Kier molecular flexibility index (Phi) is 6.40. The molecule has 5 nitrogen and oxygen atoms in total. The van der Waals surface area contributed by atoms with Crippen LogP contribution >= 0.6 is 0 Å². The molecule has 0 bridgehead atoms. The highest BCUT2D eigenvalue weighted by atomic mass is 16.2. The van der Waals surface area contributed by atoms with Gasteiger partial charge in [0, 0.05) is 19.1 Å². The van der Waals surface area contributed by atoms with Crippen LogP contribution in [0.25, 0.3) is 0 Å². The lowest BCUT2D eigenvalue weighted by Gasteiger charge is -2.33. The highest BCUT2D eigenvalue weighted by molar-refractivity contribution is 6.00. The van der Waals surface area contributed by atoms with E-state index in [2.05, 4.69) is 0 Å². The van der Waals surface area contributed by atoms with E-state index in [0.717, 1.165) is 51.4 Å². The molecule has 2 aliphatic carbocycles. The van der Waals surface area contributed by atoms with E-state index in [0.29, 0.717) is 6.41 Å². The van der Waals surface area contributed by atoms with E-state index in [1.54, 1.807) is 11.9 Å². The molecule has 0 radical (unpaired) electrons. The summed E-state index contributed by atoms with van der Waals surface area (Å²) in [6, 6.07) is 0.250. The minimum absolute atomic E-state index is 0.00784. The third kappa shape index (κ3) is 4.31. The van der Waals surface area contributed by atoms with Crippen LogP contribution < -0.4 is 0 Å². The van der Waals surface area contributed by atoms with Gasteiger partial charge in [0.2, 0.25) is 18.2 Å². The molecule has 3 amide bonds. The van der Waals surface area contributed by atoms with Gasteiger partial charge in [-0.1, -0.05) is 38.5 Å². The molecule has 0 saturated heterocycles. The smallest absolute Gasteiger partial charge is 0.238 e. The summed E-state index contributed by atoms with van der Waals surface area (Å²) >= 11 is 0. The van der Waals surface area contributed by atoms with Crippen molar-refractivity contribution < 1.29 is 14.4 Å². The van der Waals surface area contributed by atoms with E-state index < -0.39 is 0 Å². The monoisotopic (exact) mass is 308 g/mol. The summed E-state index contributed by atoms with van der Waals surface area (Å²) < 4.78 is 0. The van der Waals surface area contributed by atoms with Crippen LogP contribution in [-0.4, -0.2) is 47.2 Å². The number of carbonyl (C=O) groups excluding carboxylic acids is 3. The van der Waals surface area contributed by atoms with Crippen molar-refractivity contribution in [3.05, 3.63) is 0 Å². The van der Waals surface area contributed by atoms with Crippen molar-refractivity contribution in [3.8, 4) is 0 Å². The Morgan fingerprint density at radius 2 is 1.36 bits per heavy atom. The number of nitrogens with zero attached hydrogens (tertiary/aromatic N) is 2. The summed E-state index contributed by atoms with van der Waals surface area (Å²) in [6.07, 6.45) is 11.0. The molecule has 2 saturated carbocycles. The van der Waals surface area contributed by atoms with Gasteiger partial charge in [0.05, 0.1) is 0 Å². The maximum Gasteiger partial charge on any atom is 0.238 e. The van der Waals surface area contributed by atoms with Crippen molar-refractivity contribution in [3.63, 3.8) is 0 Å². The van der Waals surface area contributed by atoms with Gasteiger partial charge in [-0.25, -0.2) is 0 Å². The van der Waals surface area contributed by atoms with Gasteiger partial charge in [0.1, 0.15) is 6.42 Å². The van der Waals surface area contributed by atoms with E-state index in [1.165, 1.54) is 17.7 Å². The number of carbonyl (C=O) groups is 3. The first kappa shape index (κ1) is 17.0. The van der Waals surface area contributed by atoms with Crippen molar-refractivity contribution >= 4 is 18.2 Å². The van der Waals surface area contributed by atoms with Gasteiger partial charge in [-0.15, -0.1) is 0 Å². The second-order valence-corrected chi connectivity index (χ2v) is 6.67. The molecule has 0 unspecified atom stereocenters. The molecule has 5 heteroatoms. The number of amides is 3. The normalized spacial score (nSPS) is 20.4. The van der Waals surface area contributed by atoms with Crippen molar-refractivity contribution in [2.45, 2.75) is 82.7 Å². The van der Waals surface area contributed by atoms with Crippen LogP contribution in [-0.2, 0) is 14.4 Å². The van der Waals surface area contributed by atoms with Crippen LogP contribution in [0, 0.1) is 0 Å². The molecule has 2 rings (SSSR count). The first-order valence-electron chi connectivity index (χ1n) is 8.65. The summed E-state index contributed by atoms with van der Waals surface area (Å²) in [4.78, 5) is 38.9. The number of imide groups is 1. The summed E-state index contributed by atoms with van der Waals surface area (Å²) in [5.74, 6) is -0.492. The molecule has 124 valence electrons. The maximum absolute atomic E-state index is 12.3. The second kappa shape index (κ2) is 8.30. The molecule has 0 aromatic carbocycles. The average Bonchev–Trinajstić information content (AvgIpc) is 2.56. The van der Waals surface area contributed by atoms with Crippen LogP contribution in [0.5, 0.6) is 0 Å². The summed E-state index contributed by atoms with van der Waals surface area (Å²) in [7, 11) is 1.79. The fourth-order valence-electron chi connectivity index (χ4n) is 3.73. The van der Waals surface area contributed by atoms with Crippen molar-refractivity contribution in [1.82, 2.24) is 9.80 Å². The van der Waals surface area contributed by atoms with Gasteiger partial charge in [-0.2, -0.15) is 0 Å². The van der Waals surface area contributed by atoms with E-state index in [4.69, 9.17) is 0 Å². The fourth-order valence-corrected chi connectivity index (χ4v) is 3.73. The molecular weight excluding hydrogens is 280 g/mol. The first-order valence-corrected chi connectivity index (χ1v) is 8.65. The highest BCUT2D eigenvalue weighted by Crippen LogP contribution is 2.24. The SMILES string of the molecule is CN(C(=O)CC(=O)N(C=O)C1CCCCC1)C1CCCCC1. The first-order chi connectivity index (χ1) is 10.6. The number of hydrogen-bond acceptors (Lipinski definition) is 3. The van der Waals surface area contributed by atoms with Crippen molar-refractivity contribution in [2.24, 2.45) is 0 Å². The Morgan fingerprint density at radius 3 is 1.86 bits per heavy atom. The Balaban J connectivity index is 1.88. The number of rotatable bonds is 5. The van der Waals surface area contributed by atoms with Gasteiger partial charge in [-0.3, -0.25) is 19.3 Å². The van der Waals surface area contributed by atoms with Crippen LogP contribution in [0.3, 0.4) is 0 Å². The Bertz CT molecular complexity index is 399. The van der Waals surface area contributed by atoms with Crippen LogP contribution in [0.1, 0.15) is 70.6 Å². The lowest BCUT2D eigenvalue weighted by Crippen LogP contribution is -2.44. The number of hydrogen-bond donors (Lipinski definition) is 0. The van der Waals surface area contributed by atoms with E-state index in [9.17, 15) is 14.4 Å². The van der Waals surface area contributed by atoms with Crippen molar-refractivity contribution in [2.75, 3.05) is 7.05 Å². The zero-order valence-electron chi connectivity index (χ0n) is 13.6.